The number of rotatable bonds is 4. The van der Waals surface area contributed by atoms with E-state index in [1.54, 1.807) is 0 Å². The minimum atomic E-state index is -0.651. The van der Waals surface area contributed by atoms with Gasteiger partial charge in [-0.3, -0.25) is 0 Å². The highest BCUT2D eigenvalue weighted by Crippen LogP contribution is 2.28. The molecule has 0 aromatic rings. The lowest BCUT2D eigenvalue weighted by atomic mass is 9.81. The van der Waals surface area contributed by atoms with Crippen molar-refractivity contribution in [2.24, 2.45) is 11.8 Å². The molecule has 0 radical (unpaired) electrons. The Balaban J connectivity index is 2.40. The maximum atomic E-state index is 9.61. The van der Waals surface area contributed by atoms with Crippen molar-refractivity contribution in [1.29, 1.82) is 0 Å². The monoisotopic (exact) mass is 239 g/mol. The van der Waals surface area contributed by atoms with E-state index < -0.39 is 10.9 Å². The van der Waals surface area contributed by atoms with Gasteiger partial charge in [0.1, 0.15) is 4.84 Å². The highest BCUT2D eigenvalue weighted by atomic mass is 35.5. The molecule has 2 nitrogen and oxygen atoms in total. The van der Waals surface area contributed by atoms with E-state index >= 15 is 0 Å². The molecule has 0 unspecified atom stereocenters. The standard InChI is InChI=1S/C10H19Cl2NO/c1-2-7-6-13-4-3-8(7)5-9(14)10(11)12/h7-10,13-14H,2-6H2,1H3/t7-,8-,9+/m1/s1. The number of nitrogens with one attached hydrogen (secondary N) is 1. The predicted octanol–water partition coefficient (Wildman–Crippen LogP) is 2.18. The third-order valence-corrected chi connectivity index (χ3v) is 3.71. The molecule has 0 bridgehead atoms. The maximum absolute atomic E-state index is 9.61. The molecule has 4 heteroatoms. The third kappa shape index (κ3) is 3.58. The smallest absolute Gasteiger partial charge is 0.133 e. The lowest BCUT2D eigenvalue weighted by Crippen LogP contribution is -2.38. The number of hydrogen-bond donors (Lipinski definition) is 2. The second-order valence-corrected chi connectivity index (χ2v) is 5.22. The summed E-state index contributed by atoms with van der Waals surface area (Å²) < 4.78 is 0. The van der Waals surface area contributed by atoms with Crippen LogP contribution in [0.2, 0.25) is 0 Å². The molecule has 0 saturated carbocycles. The van der Waals surface area contributed by atoms with Crippen LogP contribution in [0.25, 0.3) is 0 Å². The van der Waals surface area contributed by atoms with Crippen molar-refractivity contribution in [3.63, 3.8) is 0 Å². The number of halogens is 2. The van der Waals surface area contributed by atoms with Gasteiger partial charge in [-0.25, -0.2) is 0 Å². The van der Waals surface area contributed by atoms with E-state index in [9.17, 15) is 5.11 Å². The second kappa shape index (κ2) is 6.16. The van der Waals surface area contributed by atoms with Gasteiger partial charge in [-0.05, 0) is 37.8 Å². The molecule has 0 aromatic heterocycles. The molecule has 2 N–H and O–H groups in total. The van der Waals surface area contributed by atoms with E-state index in [0.29, 0.717) is 11.8 Å². The quantitative estimate of drug-likeness (QED) is 0.738. The van der Waals surface area contributed by atoms with Crippen LogP contribution >= 0.6 is 23.2 Å². The van der Waals surface area contributed by atoms with Crippen molar-refractivity contribution < 1.29 is 5.11 Å². The van der Waals surface area contributed by atoms with Crippen molar-refractivity contribution in [3.05, 3.63) is 0 Å². The van der Waals surface area contributed by atoms with Crippen LogP contribution in [0.15, 0.2) is 0 Å². The molecule has 3 atom stereocenters. The fourth-order valence-corrected chi connectivity index (χ4v) is 2.38. The van der Waals surface area contributed by atoms with Crippen molar-refractivity contribution in [2.75, 3.05) is 13.1 Å². The first-order chi connectivity index (χ1) is 6.65. The van der Waals surface area contributed by atoms with Gasteiger partial charge in [0, 0.05) is 0 Å². The van der Waals surface area contributed by atoms with Gasteiger partial charge in [-0.1, -0.05) is 13.3 Å². The van der Waals surface area contributed by atoms with Crippen LogP contribution in [0.5, 0.6) is 0 Å². The molecule has 84 valence electrons. The summed E-state index contributed by atoms with van der Waals surface area (Å²) in [4.78, 5) is -0.651. The summed E-state index contributed by atoms with van der Waals surface area (Å²) in [6.45, 7) is 4.29. The number of aliphatic hydroxyl groups is 1. The van der Waals surface area contributed by atoms with E-state index in [0.717, 1.165) is 32.4 Å². The average Bonchev–Trinajstić information content (AvgIpc) is 2.18. The first kappa shape index (κ1) is 12.6. The van der Waals surface area contributed by atoms with Gasteiger partial charge < -0.3 is 10.4 Å². The highest BCUT2D eigenvalue weighted by molar-refractivity contribution is 6.44. The second-order valence-electron chi connectivity index (χ2n) is 4.06. The lowest BCUT2D eigenvalue weighted by molar-refractivity contribution is 0.118. The van der Waals surface area contributed by atoms with Crippen molar-refractivity contribution in [1.82, 2.24) is 5.32 Å². The van der Waals surface area contributed by atoms with Crippen LogP contribution in [-0.4, -0.2) is 29.1 Å². The Morgan fingerprint density at radius 3 is 2.71 bits per heavy atom. The summed E-state index contributed by atoms with van der Waals surface area (Å²) in [5.74, 6) is 1.22. The third-order valence-electron chi connectivity index (χ3n) is 3.12. The molecule has 1 aliphatic rings. The van der Waals surface area contributed by atoms with E-state index in [1.165, 1.54) is 0 Å². The molecule has 0 spiro atoms. The minimum absolute atomic E-state index is 0.566. The zero-order valence-electron chi connectivity index (χ0n) is 8.55. The summed E-state index contributed by atoms with van der Waals surface area (Å²) in [7, 11) is 0. The van der Waals surface area contributed by atoms with Crippen LogP contribution in [-0.2, 0) is 0 Å². The zero-order chi connectivity index (χ0) is 10.6. The molecule has 1 heterocycles. The normalized spacial score (nSPS) is 30.6. The Morgan fingerprint density at radius 2 is 2.14 bits per heavy atom. The van der Waals surface area contributed by atoms with Crippen LogP contribution in [0.1, 0.15) is 26.2 Å². The van der Waals surface area contributed by atoms with Gasteiger partial charge >= 0.3 is 0 Å². The van der Waals surface area contributed by atoms with E-state index in [-0.39, 0.29) is 0 Å². The first-order valence-electron chi connectivity index (χ1n) is 5.32. The van der Waals surface area contributed by atoms with Crippen molar-refractivity contribution in [2.45, 2.75) is 37.1 Å². The van der Waals surface area contributed by atoms with E-state index in [4.69, 9.17) is 23.2 Å². The summed E-state index contributed by atoms with van der Waals surface area (Å²) in [5, 5.41) is 13.0. The Kier molecular flexibility index (Phi) is 5.53. The Morgan fingerprint density at radius 1 is 1.43 bits per heavy atom. The van der Waals surface area contributed by atoms with Crippen LogP contribution in [0.3, 0.4) is 0 Å². The summed E-state index contributed by atoms with van der Waals surface area (Å²) in [6, 6.07) is 0. The molecule has 1 fully saturated rings. The van der Waals surface area contributed by atoms with Crippen LogP contribution in [0.4, 0.5) is 0 Å². The number of piperidine rings is 1. The summed E-state index contributed by atoms with van der Waals surface area (Å²) in [5.41, 5.74) is 0. The van der Waals surface area contributed by atoms with Gasteiger partial charge in [0.2, 0.25) is 0 Å². The molecular weight excluding hydrogens is 221 g/mol. The molecule has 14 heavy (non-hydrogen) atoms. The molecule has 1 rings (SSSR count). The van der Waals surface area contributed by atoms with Crippen LogP contribution in [0, 0.1) is 11.8 Å². The number of alkyl halides is 2. The molecule has 1 aliphatic heterocycles. The van der Waals surface area contributed by atoms with Crippen LogP contribution < -0.4 is 5.32 Å². The summed E-state index contributed by atoms with van der Waals surface area (Å²) in [6.07, 6.45) is 2.43. The molecule has 1 saturated heterocycles. The Bertz CT molecular complexity index is 166. The van der Waals surface area contributed by atoms with Crippen molar-refractivity contribution in [3.8, 4) is 0 Å². The van der Waals surface area contributed by atoms with Gasteiger partial charge in [-0.15, -0.1) is 23.2 Å². The number of hydrogen-bond acceptors (Lipinski definition) is 2. The first-order valence-corrected chi connectivity index (χ1v) is 6.19. The van der Waals surface area contributed by atoms with Crippen molar-refractivity contribution >= 4 is 23.2 Å². The van der Waals surface area contributed by atoms with Gasteiger partial charge in [0.15, 0.2) is 0 Å². The predicted molar refractivity (Wildman–Crippen MR) is 60.9 cm³/mol. The van der Waals surface area contributed by atoms with Gasteiger partial charge in [0.25, 0.3) is 0 Å². The summed E-state index contributed by atoms with van der Waals surface area (Å²) >= 11 is 11.3. The fraction of sp³-hybridized carbons (Fsp3) is 1.00. The number of aliphatic hydroxyl groups excluding tert-OH is 1. The van der Waals surface area contributed by atoms with Gasteiger partial charge in [0.05, 0.1) is 6.10 Å². The largest absolute Gasteiger partial charge is 0.390 e. The molecule has 0 aliphatic carbocycles. The van der Waals surface area contributed by atoms with E-state index in [1.807, 2.05) is 0 Å². The highest BCUT2D eigenvalue weighted by Gasteiger charge is 2.27. The van der Waals surface area contributed by atoms with Gasteiger partial charge in [-0.2, -0.15) is 0 Å². The average molecular weight is 240 g/mol. The zero-order valence-corrected chi connectivity index (χ0v) is 10.1. The maximum Gasteiger partial charge on any atom is 0.133 e. The Hall–Kier alpha value is 0.500. The molecule has 0 aromatic carbocycles. The Labute approximate surface area is 96.0 Å². The fourth-order valence-electron chi connectivity index (χ4n) is 2.18. The molecule has 0 amide bonds. The SMILES string of the molecule is CC[C@@H]1CNCC[C@@H]1C[C@H](O)C(Cl)Cl. The molecular formula is C10H19Cl2NO. The minimum Gasteiger partial charge on any atom is -0.390 e. The topological polar surface area (TPSA) is 32.3 Å². The van der Waals surface area contributed by atoms with E-state index in [2.05, 4.69) is 12.2 Å². The lowest BCUT2D eigenvalue weighted by Gasteiger charge is -2.33.